The smallest absolute Gasteiger partial charge is 0.262 e. The molecule has 0 saturated carbocycles. The van der Waals surface area contributed by atoms with E-state index in [1.807, 2.05) is 30.3 Å². The monoisotopic (exact) mass is 286 g/mol. The van der Waals surface area contributed by atoms with Gasteiger partial charge < -0.3 is 10.2 Å². The highest BCUT2D eigenvalue weighted by atomic mass is 32.2. The lowest BCUT2D eigenvalue weighted by Gasteiger charge is -2.23. The first kappa shape index (κ1) is 13.0. The van der Waals surface area contributed by atoms with Crippen LogP contribution in [0.1, 0.15) is 6.42 Å². The normalized spacial score (nSPS) is 19.7. The molecule has 1 N–H and O–H groups in total. The van der Waals surface area contributed by atoms with E-state index in [9.17, 15) is 9.59 Å². The number of nitrogens with one attached hydrogen (secondary N) is 1. The molecule has 2 aliphatic heterocycles. The zero-order valence-corrected chi connectivity index (χ0v) is 11.7. The first-order chi connectivity index (χ1) is 9.74. The van der Waals surface area contributed by atoms with Gasteiger partial charge in [0, 0.05) is 24.1 Å². The lowest BCUT2D eigenvalue weighted by Crippen LogP contribution is -2.33. The van der Waals surface area contributed by atoms with E-state index in [-0.39, 0.29) is 11.8 Å². The van der Waals surface area contributed by atoms with Crippen molar-refractivity contribution in [3.05, 3.63) is 47.4 Å². The van der Waals surface area contributed by atoms with Gasteiger partial charge in [0.25, 0.3) is 5.91 Å². The highest BCUT2D eigenvalue weighted by Gasteiger charge is 2.22. The van der Waals surface area contributed by atoms with Crippen molar-refractivity contribution in [3.63, 3.8) is 0 Å². The number of hydrogen-bond donors (Lipinski definition) is 1. The van der Waals surface area contributed by atoms with Gasteiger partial charge in [-0.1, -0.05) is 36.0 Å². The standard InChI is InChI=1S/C15H14N2O2S/c18-14(17-8-4-1-5-9-17)10-13-15(19)16-11-6-2-3-7-12(11)20-13/h1-4,6-7,10H,5,8-9H2,(H,16,19)/b13-10-. The quantitative estimate of drug-likeness (QED) is 0.637. The molecule has 0 bridgehead atoms. The summed E-state index contributed by atoms with van der Waals surface area (Å²) in [5.74, 6) is -0.319. The zero-order chi connectivity index (χ0) is 13.9. The molecule has 2 amide bonds. The van der Waals surface area contributed by atoms with E-state index in [0.29, 0.717) is 18.0 Å². The number of amides is 2. The Hall–Kier alpha value is -2.01. The lowest BCUT2D eigenvalue weighted by molar-refractivity contribution is -0.126. The molecule has 3 rings (SSSR count). The molecular formula is C15H14N2O2S. The molecule has 1 aromatic carbocycles. The van der Waals surface area contributed by atoms with E-state index in [1.54, 1.807) is 4.90 Å². The Balaban J connectivity index is 1.80. The molecule has 2 heterocycles. The molecule has 0 fully saturated rings. The number of thioether (sulfide) groups is 1. The van der Waals surface area contributed by atoms with Crippen LogP contribution >= 0.6 is 11.8 Å². The Morgan fingerprint density at radius 2 is 2.15 bits per heavy atom. The van der Waals surface area contributed by atoms with Gasteiger partial charge in [-0.2, -0.15) is 0 Å². The number of anilines is 1. The Bertz CT molecular complexity index is 622. The number of rotatable bonds is 1. The van der Waals surface area contributed by atoms with Crippen LogP contribution < -0.4 is 5.32 Å². The minimum atomic E-state index is -0.213. The van der Waals surface area contributed by atoms with E-state index < -0.39 is 0 Å². The maximum Gasteiger partial charge on any atom is 0.262 e. The molecule has 0 aromatic heterocycles. The van der Waals surface area contributed by atoms with Crippen LogP contribution in [0.5, 0.6) is 0 Å². The summed E-state index contributed by atoms with van der Waals surface area (Å²) in [7, 11) is 0. The van der Waals surface area contributed by atoms with Gasteiger partial charge in [-0.05, 0) is 18.6 Å². The highest BCUT2D eigenvalue weighted by Crippen LogP contribution is 2.37. The van der Waals surface area contributed by atoms with E-state index in [4.69, 9.17) is 0 Å². The summed E-state index contributed by atoms with van der Waals surface area (Å²) in [6.45, 7) is 1.33. The van der Waals surface area contributed by atoms with Crippen molar-refractivity contribution in [3.8, 4) is 0 Å². The molecule has 0 aliphatic carbocycles. The lowest BCUT2D eigenvalue weighted by atomic mass is 10.2. The number of hydrogen-bond acceptors (Lipinski definition) is 3. The maximum atomic E-state index is 12.1. The van der Waals surface area contributed by atoms with Crippen molar-refractivity contribution in [1.82, 2.24) is 4.90 Å². The molecule has 0 saturated heterocycles. The van der Waals surface area contributed by atoms with Crippen LogP contribution in [0.25, 0.3) is 0 Å². The minimum Gasteiger partial charge on any atom is -0.335 e. The van der Waals surface area contributed by atoms with Crippen LogP contribution in [-0.4, -0.2) is 29.8 Å². The predicted octanol–water partition coefficient (Wildman–Crippen LogP) is 2.40. The fourth-order valence-electron chi connectivity index (χ4n) is 2.15. The molecule has 0 radical (unpaired) electrons. The first-order valence-electron chi connectivity index (χ1n) is 6.48. The van der Waals surface area contributed by atoms with Gasteiger partial charge in [0.1, 0.15) is 0 Å². The van der Waals surface area contributed by atoms with Gasteiger partial charge in [-0.3, -0.25) is 9.59 Å². The number of carbonyl (C=O) groups is 2. The second kappa shape index (κ2) is 5.54. The van der Waals surface area contributed by atoms with E-state index in [0.717, 1.165) is 17.0 Å². The van der Waals surface area contributed by atoms with Crippen LogP contribution in [0.4, 0.5) is 5.69 Å². The summed E-state index contributed by atoms with van der Waals surface area (Å²) in [6.07, 6.45) is 6.35. The fraction of sp³-hybridized carbons (Fsp3) is 0.200. The predicted molar refractivity (Wildman–Crippen MR) is 79.3 cm³/mol. The van der Waals surface area contributed by atoms with Crippen molar-refractivity contribution in [2.45, 2.75) is 11.3 Å². The van der Waals surface area contributed by atoms with Crippen LogP contribution in [-0.2, 0) is 9.59 Å². The van der Waals surface area contributed by atoms with E-state index in [2.05, 4.69) is 11.4 Å². The zero-order valence-electron chi connectivity index (χ0n) is 10.8. The third-order valence-corrected chi connectivity index (χ3v) is 4.30. The minimum absolute atomic E-state index is 0.105. The van der Waals surface area contributed by atoms with Gasteiger partial charge in [0.2, 0.25) is 5.91 Å². The Kier molecular flexibility index (Phi) is 3.60. The second-order valence-electron chi connectivity index (χ2n) is 4.61. The van der Waals surface area contributed by atoms with Gasteiger partial charge in [-0.15, -0.1) is 0 Å². The number of nitrogens with zero attached hydrogens (tertiary/aromatic N) is 1. The van der Waals surface area contributed by atoms with Gasteiger partial charge >= 0.3 is 0 Å². The summed E-state index contributed by atoms with van der Waals surface area (Å²) in [5, 5.41) is 2.81. The van der Waals surface area contributed by atoms with Crippen LogP contribution in [0.2, 0.25) is 0 Å². The Morgan fingerprint density at radius 3 is 2.95 bits per heavy atom. The summed E-state index contributed by atoms with van der Waals surface area (Å²) in [5.41, 5.74) is 0.799. The highest BCUT2D eigenvalue weighted by molar-refractivity contribution is 8.04. The number of benzene rings is 1. The Labute approximate surface area is 121 Å². The summed E-state index contributed by atoms with van der Waals surface area (Å²) in [4.78, 5) is 27.3. The molecule has 1 aromatic rings. The van der Waals surface area contributed by atoms with E-state index >= 15 is 0 Å². The van der Waals surface area contributed by atoms with Crippen LogP contribution in [0.15, 0.2) is 52.3 Å². The van der Waals surface area contributed by atoms with Gasteiger partial charge in [-0.25, -0.2) is 0 Å². The molecule has 102 valence electrons. The topological polar surface area (TPSA) is 49.4 Å². The number of para-hydroxylation sites is 1. The molecule has 0 atom stereocenters. The van der Waals surface area contributed by atoms with Crippen molar-refractivity contribution in [2.24, 2.45) is 0 Å². The third kappa shape index (κ3) is 2.63. The first-order valence-corrected chi connectivity index (χ1v) is 7.29. The largest absolute Gasteiger partial charge is 0.335 e. The molecule has 0 unspecified atom stereocenters. The van der Waals surface area contributed by atoms with Crippen molar-refractivity contribution < 1.29 is 9.59 Å². The van der Waals surface area contributed by atoms with Crippen molar-refractivity contribution in [2.75, 3.05) is 18.4 Å². The summed E-state index contributed by atoms with van der Waals surface area (Å²) in [6, 6.07) is 7.58. The third-order valence-electron chi connectivity index (χ3n) is 3.20. The molecule has 4 nitrogen and oxygen atoms in total. The van der Waals surface area contributed by atoms with Crippen molar-refractivity contribution in [1.29, 1.82) is 0 Å². The molecule has 5 heteroatoms. The van der Waals surface area contributed by atoms with Crippen molar-refractivity contribution >= 4 is 29.3 Å². The number of fused-ring (bicyclic) bond motifs is 1. The molecule has 2 aliphatic rings. The average molecular weight is 286 g/mol. The van der Waals surface area contributed by atoms with Crippen LogP contribution in [0, 0.1) is 0 Å². The summed E-state index contributed by atoms with van der Waals surface area (Å²) < 4.78 is 0. The van der Waals surface area contributed by atoms with Crippen LogP contribution in [0.3, 0.4) is 0 Å². The Morgan fingerprint density at radius 1 is 1.30 bits per heavy atom. The number of carbonyl (C=O) groups excluding carboxylic acids is 2. The molecular weight excluding hydrogens is 272 g/mol. The summed E-state index contributed by atoms with van der Waals surface area (Å²) >= 11 is 1.34. The fourth-order valence-corrected chi connectivity index (χ4v) is 3.06. The molecule has 20 heavy (non-hydrogen) atoms. The SMILES string of the molecule is O=C1Nc2ccccc2S/C1=C\C(=O)N1CC=CCC1. The van der Waals surface area contributed by atoms with E-state index in [1.165, 1.54) is 17.8 Å². The average Bonchev–Trinajstić information content (AvgIpc) is 2.49. The van der Waals surface area contributed by atoms with Gasteiger partial charge in [0.05, 0.1) is 10.6 Å². The maximum absolute atomic E-state index is 12.1. The second-order valence-corrected chi connectivity index (χ2v) is 5.69. The van der Waals surface area contributed by atoms with Gasteiger partial charge in [0.15, 0.2) is 0 Å². The molecule has 0 spiro atoms.